The van der Waals surface area contributed by atoms with Gasteiger partial charge in [-0.15, -0.1) is 0 Å². The molecule has 2 aliphatic heterocycles. The molecule has 2 aliphatic rings. The minimum Gasteiger partial charge on any atom is -0.432 e. The van der Waals surface area contributed by atoms with E-state index in [2.05, 4.69) is 21.1 Å². The van der Waals surface area contributed by atoms with Gasteiger partial charge in [0.1, 0.15) is 25.4 Å². The van der Waals surface area contributed by atoms with Crippen molar-refractivity contribution in [3.63, 3.8) is 0 Å². The summed E-state index contributed by atoms with van der Waals surface area (Å²) in [5.74, 6) is 0. The summed E-state index contributed by atoms with van der Waals surface area (Å²) in [4.78, 5) is 21.9. The zero-order chi connectivity index (χ0) is 32.8. The van der Waals surface area contributed by atoms with Gasteiger partial charge in [-0.3, -0.25) is 0 Å². The molecule has 2 saturated heterocycles. The van der Waals surface area contributed by atoms with Gasteiger partial charge in [0.2, 0.25) is 0 Å². The molecule has 2 heterocycles. The maximum absolute atomic E-state index is 11.2. The quantitative estimate of drug-likeness (QED) is 0.0775. The molecule has 0 amide bonds. The van der Waals surface area contributed by atoms with Gasteiger partial charge in [-0.25, -0.2) is 9.59 Å². The van der Waals surface area contributed by atoms with Crippen LogP contribution in [0.1, 0.15) is 41.5 Å². The summed E-state index contributed by atoms with van der Waals surface area (Å²) >= 11 is 0. The van der Waals surface area contributed by atoms with E-state index >= 15 is 0 Å². The maximum Gasteiger partial charge on any atom is 0.508 e. The van der Waals surface area contributed by atoms with Gasteiger partial charge in [-0.05, 0) is 41.5 Å². The molecule has 0 aromatic heterocycles. The van der Waals surface area contributed by atoms with Gasteiger partial charge in [0.15, 0.2) is 0 Å². The van der Waals surface area contributed by atoms with E-state index < -0.39 is 36.7 Å². The molecule has 6 unspecified atom stereocenters. The van der Waals surface area contributed by atoms with Gasteiger partial charge >= 0.3 is 12.3 Å². The Morgan fingerprint density at radius 2 is 1.19 bits per heavy atom. The number of hydrogen-bond acceptors (Lipinski definition) is 16. The second kappa shape index (κ2) is 32.1. The zero-order valence-corrected chi connectivity index (χ0v) is 25.7. The van der Waals surface area contributed by atoms with E-state index in [9.17, 15) is 9.59 Å². The van der Waals surface area contributed by atoms with E-state index in [1.54, 1.807) is 13.8 Å². The van der Waals surface area contributed by atoms with Crippen molar-refractivity contribution in [1.82, 2.24) is 0 Å². The number of aliphatic hydroxyl groups excluding tert-OH is 6. The number of hydrogen-bond donors (Lipinski definition) is 6. The first kappa shape index (κ1) is 44.6. The largest absolute Gasteiger partial charge is 0.508 e. The van der Waals surface area contributed by atoms with Crippen LogP contribution in [0.25, 0.3) is 0 Å². The molecule has 0 aromatic rings. The van der Waals surface area contributed by atoms with Gasteiger partial charge < -0.3 is 68.5 Å². The van der Waals surface area contributed by atoms with Crippen LogP contribution in [0.15, 0.2) is 0 Å². The molecular formula is C26H54O16. The maximum atomic E-state index is 11.2. The molecule has 0 aliphatic carbocycles. The summed E-state index contributed by atoms with van der Waals surface area (Å²) in [6, 6.07) is 0. The van der Waals surface area contributed by atoms with E-state index in [0.29, 0.717) is 6.10 Å². The Bertz CT molecular complexity index is 584. The number of rotatable bonds is 15. The van der Waals surface area contributed by atoms with Crippen molar-refractivity contribution in [3.05, 3.63) is 0 Å². The number of epoxide rings is 2. The Labute approximate surface area is 248 Å². The van der Waals surface area contributed by atoms with Crippen molar-refractivity contribution in [2.45, 2.75) is 78.2 Å². The van der Waals surface area contributed by atoms with Crippen molar-refractivity contribution >= 4 is 12.3 Å². The van der Waals surface area contributed by atoms with Crippen molar-refractivity contribution in [3.8, 4) is 0 Å². The highest BCUT2D eigenvalue weighted by molar-refractivity contribution is 5.60. The van der Waals surface area contributed by atoms with Gasteiger partial charge in [0.25, 0.3) is 0 Å². The van der Waals surface area contributed by atoms with Crippen LogP contribution in [0.4, 0.5) is 9.59 Å². The van der Waals surface area contributed by atoms with Crippen LogP contribution in [0.3, 0.4) is 0 Å². The van der Waals surface area contributed by atoms with Crippen LogP contribution >= 0.6 is 0 Å². The van der Waals surface area contributed by atoms with Crippen molar-refractivity contribution in [2.75, 3.05) is 79.3 Å². The summed E-state index contributed by atoms with van der Waals surface area (Å²) in [5, 5.41) is 50.2. The van der Waals surface area contributed by atoms with Gasteiger partial charge in [-0.1, -0.05) is 0 Å². The first-order valence-electron chi connectivity index (χ1n) is 13.7. The zero-order valence-electron chi connectivity index (χ0n) is 25.7. The van der Waals surface area contributed by atoms with Crippen LogP contribution in [0.5, 0.6) is 0 Å². The minimum absolute atomic E-state index is 0.0586. The average Bonchev–Trinajstić information content (AvgIpc) is 3.87. The Hall–Kier alpha value is -1.86. The second-order valence-electron chi connectivity index (χ2n) is 9.00. The van der Waals surface area contributed by atoms with E-state index in [1.807, 2.05) is 0 Å². The highest BCUT2D eigenvalue weighted by Gasteiger charge is 2.14. The molecule has 0 radical (unpaired) electrons. The Balaban J connectivity index is -0.000000532. The summed E-state index contributed by atoms with van der Waals surface area (Å²) in [6.07, 6.45) is -3.68. The van der Waals surface area contributed by atoms with E-state index in [0.717, 1.165) is 19.8 Å². The number of ether oxygens (including phenoxy) is 8. The molecule has 16 nitrogen and oxygen atoms in total. The standard InChI is InChI=1S/C11H22O7.C7H14O5.C3H8O2.C3H6O.C2H4O/c1-9(16-6-4-13)8-17-11(14)18-10(2)7-15-5-3-12;1-5(9)4-11-7(10)12-6(2)3-8;1-3(5)2-4;1-3-2-4-3;1-2-3-1/h9-10,12-13H,3-8H2,1-2H3;5-6,8-9H,3-4H2,1-2H3;3-5H,2H2,1H3;3H,2H2,1H3;1-2H2. The highest BCUT2D eigenvalue weighted by Crippen LogP contribution is 2.04. The smallest absolute Gasteiger partial charge is 0.432 e. The lowest BCUT2D eigenvalue weighted by Gasteiger charge is -2.15. The first-order valence-corrected chi connectivity index (χ1v) is 13.7. The highest BCUT2D eigenvalue weighted by atomic mass is 16.7. The lowest BCUT2D eigenvalue weighted by Crippen LogP contribution is -2.25. The fourth-order valence-corrected chi connectivity index (χ4v) is 1.55. The summed E-state index contributed by atoms with van der Waals surface area (Å²) in [5.41, 5.74) is 0. The molecule has 254 valence electrons. The average molecular weight is 623 g/mol. The molecule has 0 saturated carbocycles. The minimum atomic E-state index is -0.877. The topological polar surface area (TPSA) is 236 Å². The Kier molecular flexibility index (Phi) is 34.0. The predicted molar refractivity (Wildman–Crippen MR) is 148 cm³/mol. The van der Waals surface area contributed by atoms with Crippen LogP contribution in [0, 0.1) is 0 Å². The van der Waals surface area contributed by atoms with E-state index in [-0.39, 0.29) is 65.6 Å². The van der Waals surface area contributed by atoms with Gasteiger partial charge in [0.05, 0.1) is 90.5 Å². The van der Waals surface area contributed by atoms with Crippen LogP contribution in [-0.2, 0) is 37.9 Å². The number of carbonyl (C=O) groups excluding carboxylic acids is 2. The monoisotopic (exact) mass is 622 g/mol. The van der Waals surface area contributed by atoms with E-state index in [4.69, 9.17) is 54.3 Å². The Morgan fingerprint density at radius 1 is 0.738 bits per heavy atom. The molecular weight excluding hydrogens is 568 g/mol. The fraction of sp³-hybridized carbons (Fsp3) is 0.923. The molecule has 6 atom stereocenters. The lowest BCUT2D eigenvalue weighted by molar-refractivity contribution is -0.0403. The fourth-order valence-electron chi connectivity index (χ4n) is 1.55. The summed E-state index contributed by atoms with van der Waals surface area (Å²) in [7, 11) is 0. The molecule has 42 heavy (non-hydrogen) atoms. The van der Waals surface area contributed by atoms with Crippen LogP contribution < -0.4 is 0 Å². The molecule has 0 aromatic carbocycles. The second-order valence-corrected chi connectivity index (χ2v) is 9.00. The normalized spacial score (nSPS) is 17.6. The molecule has 0 spiro atoms. The third-order valence-corrected chi connectivity index (χ3v) is 3.78. The summed E-state index contributed by atoms with van der Waals surface area (Å²) in [6.45, 7) is 13.0. The third-order valence-electron chi connectivity index (χ3n) is 3.78. The lowest BCUT2D eigenvalue weighted by atomic mass is 10.4. The molecule has 6 N–H and O–H groups in total. The van der Waals surface area contributed by atoms with Crippen LogP contribution in [-0.4, -0.2) is 159 Å². The van der Waals surface area contributed by atoms with Crippen molar-refractivity contribution < 1.29 is 78.1 Å². The summed E-state index contributed by atoms with van der Waals surface area (Å²) < 4.78 is 38.0. The van der Waals surface area contributed by atoms with E-state index in [1.165, 1.54) is 20.8 Å². The number of aliphatic hydroxyl groups is 6. The molecule has 2 rings (SSSR count). The van der Waals surface area contributed by atoms with Gasteiger partial charge in [0, 0.05) is 0 Å². The van der Waals surface area contributed by atoms with Crippen LogP contribution in [0.2, 0.25) is 0 Å². The van der Waals surface area contributed by atoms with Gasteiger partial charge in [-0.2, -0.15) is 0 Å². The van der Waals surface area contributed by atoms with Crippen molar-refractivity contribution in [2.24, 2.45) is 0 Å². The molecule has 2 fully saturated rings. The third kappa shape index (κ3) is 47.9. The first-order chi connectivity index (χ1) is 19.8. The SMILES string of the molecule is C1CO1.CC(COC(=O)OC(C)COCCO)OCCO.CC(O)CO.CC(O)COC(=O)OC(C)CO.CC1CO1. The number of carbonyl (C=O) groups is 2. The predicted octanol–water partition coefficient (Wildman–Crippen LogP) is -0.383. The molecule has 16 heteroatoms. The van der Waals surface area contributed by atoms with Crippen molar-refractivity contribution in [1.29, 1.82) is 0 Å². The molecule has 0 bridgehead atoms. The Morgan fingerprint density at radius 3 is 1.55 bits per heavy atom.